The first kappa shape index (κ1) is 21.7. The molecule has 0 bridgehead atoms. The summed E-state index contributed by atoms with van der Waals surface area (Å²) in [6.07, 6.45) is 6.69. The number of aromatic nitrogens is 3. The Hall–Kier alpha value is -3.56. The molecule has 5 N–H and O–H groups in total. The molecule has 166 valence electrons. The zero-order valence-electron chi connectivity index (χ0n) is 17.8. The van der Waals surface area contributed by atoms with Crippen LogP contribution in [-0.4, -0.2) is 53.7 Å². The number of carbonyl (C=O) groups excluding carboxylic acids is 1. The number of hydrogen-bond donors (Lipinski definition) is 3. The van der Waals surface area contributed by atoms with Gasteiger partial charge in [0.2, 0.25) is 0 Å². The highest BCUT2D eigenvalue weighted by molar-refractivity contribution is 6.07. The zero-order valence-corrected chi connectivity index (χ0v) is 17.8. The van der Waals surface area contributed by atoms with Gasteiger partial charge in [-0.3, -0.25) is 9.78 Å². The van der Waals surface area contributed by atoms with Crippen molar-refractivity contribution in [1.29, 1.82) is 0 Å². The Morgan fingerprint density at radius 2 is 2.03 bits per heavy atom. The van der Waals surface area contributed by atoms with E-state index in [1.807, 2.05) is 30.3 Å². The Morgan fingerprint density at radius 3 is 2.84 bits per heavy atom. The lowest BCUT2D eigenvalue weighted by Gasteiger charge is -2.30. The van der Waals surface area contributed by atoms with E-state index in [9.17, 15) is 4.79 Å². The molecule has 0 saturated carbocycles. The second-order valence-electron chi connectivity index (χ2n) is 7.53. The van der Waals surface area contributed by atoms with Gasteiger partial charge in [-0.15, -0.1) is 0 Å². The van der Waals surface area contributed by atoms with Gasteiger partial charge in [0, 0.05) is 24.8 Å². The summed E-state index contributed by atoms with van der Waals surface area (Å²) in [5, 5.41) is 2.90. The maximum Gasteiger partial charge on any atom is 0.278 e. The number of hydrogen-bond acceptors (Lipinski definition) is 8. The summed E-state index contributed by atoms with van der Waals surface area (Å²) in [5.74, 6) is -0.360. The number of nitrogens with zero attached hydrogens (tertiary/aromatic N) is 4. The molecule has 1 aliphatic heterocycles. The number of ether oxygens (including phenoxy) is 1. The normalized spacial score (nSPS) is 13.7. The number of aryl methyl sites for hydroxylation is 1. The Morgan fingerprint density at radius 1 is 1.19 bits per heavy atom. The van der Waals surface area contributed by atoms with Gasteiger partial charge in [0.05, 0.1) is 42.7 Å². The molecule has 0 atom stereocenters. The molecular weight excluding hydrogens is 406 g/mol. The van der Waals surface area contributed by atoms with Gasteiger partial charge >= 0.3 is 0 Å². The lowest BCUT2D eigenvalue weighted by atomic mass is 10.0. The highest BCUT2D eigenvalue weighted by atomic mass is 16.5. The highest BCUT2D eigenvalue weighted by Gasteiger charge is 2.19. The van der Waals surface area contributed by atoms with Gasteiger partial charge in [0.15, 0.2) is 11.5 Å². The third kappa shape index (κ3) is 5.01. The largest absolute Gasteiger partial charge is 0.382 e. The van der Waals surface area contributed by atoms with Crippen LogP contribution in [0.4, 0.5) is 17.2 Å². The van der Waals surface area contributed by atoms with Crippen molar-refractivity contribution in [3.8, 4) is 11.3 Å². The fourth-order valence-corrected chi connectivity index (χ4v) is 3.64. The van der Waals surface area contributed by atoms with Gasteiger partial charge in [-0.1, -0.05) is 18.2 Å². The molecular formula is C23H27N7O2. The Kier molecular flexibility index (Phi) is 6.88. The number of morpholine rings is 1. The Balaban J connectivity index is 1.58. The molecule has 4 rings (SSSR count). The van der Waals surface area contributed by atoms with Crippen LogP contribution in [0.1, 0.15) is 22.5 Å². The minimum atomic E-state index is -0.432. The van der Waals surface area contributed by atoms with E-state index in [0.29, 0.717) is 31.1 Å². The summed E-state index contributed by atoms with van der Waals surface area (Å²) in [5.41, 5.74) is 15.8. The molecule has 0 unspecified atom stereocenters. The highest BCUT2D eigenvalue weighted by Crippen LogP contribution is 2.27. The number of amides is 1. The molecule has 2 aromatic heterocycles. The van der Waals surface area contributed by atoms with Gasteiger partial charge < -0.3 is 26.4 Å². The van der Waals surface area contributed by atoms with Crippen molar-refractivity contribution in [2.45, 2.75) is 12.8 Å². The summed E-state index contributed by atoms with van der Waals surface area (Å²) >= 11 is 0. The van der Waals surface area contributed by atoms with Crippen LogP contribution in [0, 0.1) is 0 Å². The molecule has 9 nitrogen and oxygen atoms in total. The quantitative estimate of drug-likeness (QED) is 0.516. The van der Waals surface area contributed by atoms with Gasteiger partial charge in [0.1, 0.15) is 0 Å². The standard InChI is InChI=1S/C23H27N7O2/c24-7-2-4-16-3-1-5-17(13-16)18-15-27-22(25)21(28-18)23(31)29-19-14-26-8-6-20(19)30-9-11-32-12-10-30/h1,3,5-6,8,13-15H,2,4,7,9-12,24H2,(H2,25,27)(H,29,31). The van der Waals surface area contributed by atoms with E-state index in [-0.39, 0.29) is 11.5 Å². The van der Waals surface area contributed by atoms with Gasteiger partial charge in [-0.05, 0) is 37.1 Å². The molecule has 3 heterocycles. The third-order valence-corrected chi connectivity index (χ3v) is 5.31. The molecule has 9 heteroatoms. The molecule has 3 aromatic rings. The Bertz CT molecular complexity index is 1080. The van der Waals surface area contributed by atoms with Gasteiger partial charge in [0.25, 0.3) is 5.91 Å². The number of benzene rings is 1. The first-order valence-corrected chi connectivity index (χ1v) is 10.7. The smallest absolute Gasteiger partial charge is 0.278 e. The van der Waals surface area contributed by atoms with E-state index >= 15 is 0 Å². The number of pyridine rings is 1. The van der Waals surface area contributed by atoms with Crippen molar-refractivity contribution < 1.29 is 9.53 Å². The minimum absolute atomic E-state index is 0.0716. The average Bonchev–Trinajstić information content (AvgIpc) is 2.84. The summed E-state index contributed by atoms with van der Waals surface area (Å²) in [6.45, 7) is 3.40. The van der Waals surface area contributed by atoms with E-state index in [4.69, 9.17) is 16.2 Å². The van der Waals surface area contributed by atoms with Crippen LogP contribution in [0.25, 0.3) is 11.3 Å². The summed E-state index contributed by atoms with van der Waals surface area (Å²) < 4.78 is 5.43. The molecule has 1 saturated heterocycles. The van der Waals surface area contributed by atoms with E-state index in [2.05, 4.69) is 25.2 Å². The molecule has 0 aliphatic carbocycles. The van der Waals surface area contributed by atoms with Crippen LogP contribution >= 0.6 is 0 Å². The molecule has 0 spiro atoms. The van der Waals surface area contributed by atoms with Crippen molar-refractivity contribution in [1.82, 2.24) is 15.0 Å². The lowest BCUT2D eigenvalue weighted by Crippen LogP contribution is -2.36. The third-order valence-electron chi connectivity index (χ3n) is 5.31. The maximum absolute atomic E-state index is 13.1. The van der Waals surface area contributed by atoms with Crippen LogP contribution in [0.3, 0.4) is 0 Å². The van der Waals surface area contributed by atoms with Crippen LogP contribution in [0.15, 0.2) is 48.9 Å². The minimum Gasteiger partial charge on any atom is -0.382 e. The van der Waals surface area contributed by atoms with E-state index in [1.165, 1.54) is 0 Å². The average molecular weight is 434 g/mol. The fourth-order valence-electron chi connectivity index (χ4n) is 3.64. The Labute approximate surface area is 186 Å². The van der Waals surface area contributed by atoms with Crippen molar-refractivity contribution in [3.63, 3.8) is 0 Å². The molecule has 1 aromatic carbocycles. The van der Waals surface area contributed by atoms with E-state index in [0.717, 1.165) is 42.7 Å². The topological polar surface area (TPSA) is 132 Å². The van der Waals surface area contributed by atoms with E-state index in [1.54, 1.807) is 18.6 Å². The molecule has 1 fully saturated rings. The van der Waals surface area contributed by atoms with Gasteiger partial charge in [-0.25, -0.2) is 9.97 Å². The van der Waals surface area contributed by atoms with Crippen LogP contribution in [0.2, 0.25) is 0 Å². The zero-order chi connectivity index (χ0) is 22.3. The van der Waals surface area contributed by atoms with Crippen LogP contribution in [0.5, 0.6) is 0 Å². The SMILES string of the molecule is NCCCc1cccc(-c2cnc(N)c(C(=O)Nc3cnccc3N3CCOCC3)n2)c1. The monoisotopic (exact) mass is 433 g/mol. The number of nitrogen functional groups attached to an aromatic ring is 1. The fraction of sp³-hybridized carbons (Fsp3) is 0.304. The molecule has 0 radical (unpaired) electrons. The van der Waals surface area contributed by atoms with Crippen molar-refractivity contribution in [2.24, 2.45) is 5.73 Å². The molecule has 1 amide bonds. The maximum atomic E-state index is 13.1. The number of anilines is 3. The molecule has 1 aliphatic rings. The van der Waals surface area contributed by atoms with Crippen molar-refractivity contribution in [2.75, 3.05) is 48.8 Å². The summed E-state index contributed by atoms with van der Waals surface area (Å²) in [6, 6.07) is 9.86. The predicted octanol–water partition coefficient (Wildman–Crippen LogP) is 2.10. The second kappa shape index (κ2) is 10.2. The number of carbonyl (C=O) groups is 1. The number of rotatable bonds is 7. The van der Waals surface area contributed by atoms with Crippen LogP contribution in [-0.2, 0) is 11.2 Å². The molecule has 32 heavy (non-hydrogen) atoms. The second-order valence-corrected chi connectivity index (χ2v) is 7.53. The first-order valence-electron chi connectivity index (χ1n) is 10.7. The summed E-state index contributed by atoms with van der Waals surface area (Å²) in [4.78, 5) is 28.1. The number of nitrogens with two attached hydrogens (primary N) is 2. The summed E-state index contributed by atoms with van der Waals surface area (Å²) in [7, 11) is 0. The van der Waals surface area contributed by atoms with E-state index < -0.39 is 5.91 Å². The van der Waals surface area contributed by atoms with Crippen molar-refractivity contribution >= 4 is 23.1 Å². The van der Waals surface area contributed by atoms with Crippen LogP contribution < -0.4 is 21.7 Å². The first-order chi connectivity index (χ1) is 15.7. The predicted molar refractivity (Wildman–Crippen MR) is 124 cm³/mol. The van der Waals surface area contributed by atoms with Gasteiger partial charge in [-0.2, -0.15) is 0 Å². The van der Waals surface area contributed by atoms with Crippen molar-refractivity contribution in [3.05, 3.63) is 60.2 Å². The lowest BCUT2D eigenvalue weighted by molar-refractivity contribution is 0.102. The number of nitrogens with one attached hydrogen (secondary N) is 1.